The molecule has 2 aromatic carbocycles. The smallest absolute Gasteiger partial charge is 0.416 e. The monoisotopic (exact) mass is 388 g/mol. The summed E-state index contributed by atoms with van der Waals surface area (Å²) in [5.74, 6) is -1.21. The zero-order valence-electron chi connectivity index (χ0n) is 13.8. The number of hydrogen-bond donors (Lipinski definition) is 2. The molecular weight excluding hydrogens is 375 g/mol. The van der Waals surface area contributed by atoms with E-state index in [1.807, 2.05) is 0 Å². The molecule has 1 spiro atoms. The van der Waals surface area contributed by atoms with Crippen LogP contribution in [0.3, 0.4) is 0 Å². The molecule has 7 nitrogen and oxygen atoms in total. The van der Waals surface area contributed by atoms with Gasteiger partial charge in [-0.2, -0.15) is 0 Å². The Bertz CT molecular complexity index is 968. The van der Waals surface area contributed by atoms with Crippen molar-refractivity contribution in [1.82, 2.24) is 5.32 Å². The summed E-state index contributed by atoms with van der Waals surface area (Å²) in [7, 11) is 0. The fraction of sp³-hybridized carbons (Fsp3) is 0.167. The van der Waals surface area contributed by atoms with Gasteiger partial charge in [0, 0.05) is 18.1 Å². The summed E-state index contributed by atoms with van der Waals surface area (Å²) in [4.78, 5) is 37.0. The molecule has 4 rings (SSSR count). The molecule has 2 N–H and O–H groups in total. The van der Waals surface area contributed by atoms with E-state index in [0.717, 1.165) is 28.8 Å². The van der Waals surface area contributed by atoms with Gasteiger partial charge in [0.15, 0.2) is 0 Å². The van der Waals surface area contributed by atoms with Crippen molar-refractivity contribution in [2.75, 3.05) is 11.5 Å². The Morgan fingerprint density at radius 1 is 1.26 bits per heavy atom. The highest BCUT2D eigenvalue weighted by molar-refractivity contribution is 8.15. The lowest BCUT2D eigenvalue weighted by Gasteiger charge is -2.34. The van der Waals surface area contributed by atoms with Gasteiger partial charge in [-0.15, -0.1) is 0 Å². The molecule has 2 aliphatic rings. The third kappa shape index (κ3) is 2.71. The van der Waals surface area contributed by atoms with Crippen molar-refractivity contribution in [3.8, 4) is 5.75 Å². The minimum absolute atomic E-state index is 0.0458. The Morgan fingerprint density at radius 2 is 2.00 bits per heavy atom. The lowest BCUT2D eigenvalue weighted by molar-refractivity contribution is -0.122. The third-order valence-corrected chi connectivity index (χ3v) is 5.71. The Balaban J connectivity index is 1.94. The van der Waals surface area contributed by atoms with E-state index < -0.39 is 27.8 Å². The molecule has 0 bridgehead atoms. The van der Waals surface area contributed by atoms with Crippen molar-refractivity contribution >= 4 is 40.4 Å². The van der Waals surface area contributed by atoms with Crippen LogP contribution in [-0.2, 0) is 9.54 Å². The Kier molecular flexibility index (Phi) is 4.03. The lowest BCUT2D eigenvalue weighted by atomic mass is 9.90. The van der Waals surface area contributed by atoms with Crippen LogP contribution in [0.5, 0.6) is 5.75 Å². The standard InChI is InChI=1S/C18H13FN2O5S/c19-10-8-12-14(26-7-6-18(12)15(22)20-16(23)27-18)13(9-10)21(17(24)25)11-4-2-1-3-5-11/h1-5,8-9H,6-7H2,(H,24,25)(H,20,22,23). The van der Waals surface area contributed by atoms with E-state index in [-0.39, 0.29) is 30.0 Å². The average molecular weight is 388 g/mol. The summed E-state index contributed by atoms with van der Waals surface area (Å²) in [5, 5.41) is 11.4. The van der Waals surface area contributed by atoms with Crippen molar-refractivity contribution in [2.45, 2.75) is 11.2 Å². The summed E-state index contributed by atoms with van der Waals surface area (Å²) in [5.41, 5.74) is 0.399. The number of carbonyl (C=O) groups is 3. The first kappa shape index (κ1) is 17.3. The molecule has 1 saturated heterocycles. The minimum Gasteiger partial charge on any atom is -0.491 e. The fourth-order valence-corrected chi connectivity index (χ4v) is 4.37. The summed E-state index contributed by atoms with van der Waals surface area (Å²) in [6, 6.07) is 10.3. The van der Waals surface area contributed by atoms with E-state index in [4.69, 9.17) is 4.74 Å². The minimum atomic E-state index is -1.34. The molecule has 2 aliphatic heterocycles. The molecular formula is C18H13FN2O5S. The number of fused-ring (bicyclic) bond motifs is 2. The molecule has 0 aliphatic carbocycles. The highest BCUT2D eigenvalue weighted by atomic mass is 32.2. The van der Waals surface area contributed by atoms with Crippen LogP contribution < -0.4 is 15.0 Å². The van der Waals surface area contributed by atoms with Gasteiger partial charge < -0.3 is 9.84 Å². The number of carboxylic acid groups (broad SMARTS) is 1. The second kappa shape index (κ2) is 6.27. The second-order valence-corrected chi connectivity index (χ2v) is 7.30. The zero-order chi connectivity index (χ0) is 19.2. The van der Waals surface area contributed by atoms with Crippen molar-refractivity contribution in [3.63, 3.8) is 0 Å². The molecule has 3 amide bonds. The molecule has 2 aromatic rings. The SMILES string of the molecule is O=C1NC(=O)C2(CCOc3c(N(C(=O)O)c4ccccc4)cc(F)cc32)S1. The van der Waals surface area contributed by atoms with E-state index >= 15 is 0 Å². The van der Waals surface area contributed by atoms with Crippen LogP contribution in [0, 0.1) is 5.82 Å². The number of nitrogens with zero attached hydrogens (tertiary/aromatic N) is 1. The average Bonchev–Trinajstić information content (AvgIpc) is 2.90. The number of nitrogens with one attached hydrogen (secondary N) is 1. The molecule has 138 valence electrons. The number of halogens is 1. The van der Waals surface area contributed by atoms with Crippen molar-refractivity contribution in [1.29, 1.82) is 0 Å². The number of anilines is 2. The first-order valence-electron chi connectivity index (χ1n) is 8.02. The van der Waals surface area contributed by atoms with E-state index in [2.05, 4.69) is 5.32 Å². The van der Waals surface area contributed by atoms with Gasteiger partial charge >= 0.3 is 6.09 Å². The maximum Gasteiger partial charge on any atom is 0.416 e. The highest BCUT2D eigenvalue weighted by Gasteiger charge is 2.53. The molecule has 1 unspecified atom stereocenters. The van der Waals surface area contributed by atoms with Gasteiger partial charge in [-0.05, 0) is 30.0 Å². The molecule has 9 heteroatoms. The number of thioether (sulfide) groups is 1. The van der Waals surface area contributed by atoms with Crippen molar-refractivity contribution in [3.05, 3.63) is 53.8 Å². The number of amides is 3. The van der Waals surface area contributed by atoms with Gasteiger partial charge in [0.05, 0.1) is 18.0 Å². The molecule has 1 fully saturated rings. The Labute approximate surface area is 157 Å². The fourth-order valence-electron chi connectivity index (χ4n) is 3.32. The van der Waals surface area contributed by atoms with Gasteiger partial charge in [-0.1, -0.05) is 18.2 Å². The summed E-state index contributed by atoms with van der Waals surface area (Å²) >= 11 is 0.761. The number of rotatable bonds is 2. The van der Waals surface area contributed by atoms with E-state index in [1.165, 1.54) is 0 Å². The predicted molar refractivity (Wildman–Crippen MR) is 95.9 cm³/mol. The van der Waals surface area contributed by atoms with Crippen LogP contribution in [0.2, 0.25) is 0 Å². The second-order valence-electron chi connectivity index (χ2n) is 6.02. The first-order valence-corrected chi connectivity index (χ1v) is 8.83. The highest BCUT2D eigenvalue weighted by Crippen LogP contribution is 2.53. The third-order valence-electron chi connectivity index (χ3n) is 4.47. The van der Waals surface area contributed by atoms with Crippen molar-refractivity contribution < 1.29 is 28.6 Å². The van der Waals surface area contributed by atoms with Crippen molar-refractivity contribution in [2.24, 2.45) is 0 Å². The number of para-hydroxylation sites is 1. The van der Waals surface area contributed by atoms with Gasteiger partial charge in [0.1, 0.15) is 16.3 Å². The summed E-state index contributed by atoms with van der Waals surface area (Å²) in [6.07, 6.45) is -1.17. The van der Waals surface area contributed by atoms with Crippen LogP contribution in [0.15, 0.2) is 42.5 Å². The molecule has 0 radical (unpaired) electrons. The molecule has 0 saturated carbocycles. The van der Waals surface area contributed by atoms with E-state index in [0.29, 0.717) is 5.69 Å². The van der Waals surface area contributed by atoms with Gasteiger partial charge in [0.2, 0.25) is 5.91 Å². The molecule has 27 heavy (non-hydrogen) atoms. The molecule has 1 atom stereocenters. The summed E-state index contributed by atoms with van der Waals surface area (Å²) in [6.45, 7) is 0.0849. The normalized spacial score (nSPS) is 20.8. The summed E-state index contributed by atoms with van der Waals surface area (Å²) < 4.78 is 18.8. The van der Waals surface area contributed by atoms with Crippen LogP contribution >= 0.6 is 11.8 Å². The number of ether oxygens (including phenoxy) is 1. The first-order chi connectivity index (χ1) is 12.9. The van der Waals surface area contributed by atoms with Gasteiger partial charge in [-0.25, -0.2) is 14.1 Å². The van der Waals surface area contributed by atoms with Gasteiger partial charge in [0.25, 0.3) is 5.24 Å². The lowest BCUT2D eigenvalue weighted by Crippen LogP contribution is -2.39. The molecule has 0 aromatic heterocycles. The topological polar surface area (TPSA) is 95.9 Å². The molecule has 2 heterocycles. The van der Waals surface area contributed by atoms with Crippen LogP contribution in [0.4, 0.5) is 25.4 Å². The number of imide groups is 1. The van der Waals surface area contributed by atoms with Gasteiger partial charge in [-0.3, -0.25) is 14.9 Å². The van der Waals surface area contributed by atoms with E-state index in [1.54, 1.807) is 30.3 Å². The largest absolute Gasteiger partial charge is 0.491 e. The van der Waals surface area contributed by atoms with Crippen LogP contribution in [0.1, 0.15) is 12.0 Å². The maximum atomic E-state index is 14.5. The Hall–Kier alpha value is -3.07. The van der Waals surface area contributed by atoms with Crippen LogP contribution in [0.25, 0.3) is 0 Å². The quantitative estimate of drug-likeness (QED) is 0.816. The maximum absolute atomic E-state index is 14.5. The van der Waals surface area contributed by atoms with E-state index in [9.17, 15) is 23.9 Å². The predicted octanol–water partition coefficient (Wildman–Crippen LogP) is 3.60. The van der Waals surface area contributed by atoms with Crippen LogP contribution in [-0.4, -0.2) is 29.0 Å². The number of carbonyl (C=O) groups excluding carboxylic acids is 2. The number of hydrogen-bond acceptors (Lipinski definition) is 5. The Morgan fingerprint density at radius 3 is 2.63 bits per heavy atom. The zero-order valence-corrected chi connectivity index (χ0v) is 14.6. The number of benzene rings is 2.